The number of hydrogen-bond donors (Lipinski definition) is 1. The van der Waals surface area contributed by atoms with Crippen molar-refractivity contribution in [2.75, 3.05) is 38.2 Å². The van der Waals surface area contributed by atoms with Gasteiger partial charge in [-0.15, -0.1) is 0 Å². The molecule has 0 bridgehead atoms. The van der Waals surface area contributed by atoms with Crippen LogP contribution in [0, 0.1) is 29.6 Å². The Bertz CT molecular complexity index is 3120. The minimum Gasteiger partial charge on any atom is -0.508 e. The normalized spacial score (nSPS) is 21.5. The van der Waals surface area contributed by atoms with E-state index in [1.54, 1.807) is 64.8 Å². The van der Waals surface area contributed by atoms with Crippen molar-refractivity contribution in [1.82, 2.24) is 0 Å². The van der Waals surface area contributed by atoms with Crippen molar-refractivity contribution in [3.05, 3.63) is 178 Å². The average Bonchev–Trinajstić information content (AvgIpc) is 3.81. The van der Waals surface area contributed by atoms with Crippen molar-refractivity contribution in [1.29, 1.82) is 0 Å². The van der Waals surface area contributed by atoms with Crippen LogP contribution >= 0.6 is 0 Å². The third kappa shape index (κ3) is 8.71. The van der Waals surface area contributed by atoms with Gasteiger partial charge < -0.3 is 28.8 Å². The summed E-state index contributed by atoms with van der Waals surface area (Å²) in [7, 11) is 6.41. The number of allylic oxidation sites excluding steroid dienone is 2. The summed E-state index contributed by atoms with van der Waals surface area (Å²) in [6.07, 6.45) is 10.0. The monoisotopic (exact) mass is 948 g/mol. The van der Waals surface area contributed by atoms with Crippen LogP contribution in [-0.2, 0) is 25.8 Å². The smallest absolute Gasteiger partial charge is 0.238 e. The number of methoxy groups -OCH3 is 4. The van der Waals surface area contributed by atoms with Gasteiger partial charge >= 0.3 is 0 Å². The standard InChI is InChI=1S/C59H52N2O10/c1-67-42-23-28-51(69-3)38(30-42)16-10-35-12-18-40(19-13-35)60-56(63)47-27-26-45-48(54(47)58(60)65)33-49-55(53(45)46-25-22-44(32-50(46)62)71-34-37-8-6-5-7-9-37)59(66)61(57(49)64)41-20-14-36(15-21-41)11-17-39-31-43(68-2)24-29-52(39)70-4/h5-26,28-32,47-49,53-55,62H,27,33-34H2,1-4H3/t47-,48+,49+,53+,54-,55+/m0/s1. The van der Waals surface area contributed by atoms with Gasteiger partial charge in [0.05, 0.1) is 63.5 Å². The summed E-state index contributed by atoms with van der Waals surface area (Å²) in [6, 6.07) is 40.1. The molecule has 2 aliphatic carbocycles. The van der Waals surface area contributed by atoms with Crippen molar-refractivity contribution in [3.63, 3.8) is 0 Å². The molecule has 12 heteroatoms. The van der Waals surface area contributed by atoms with Gasteiger partial charge in [0.2, 0.25) is 23.6 Å². The predicted octanol–water partition coefficient (Wildman–Crippen LogP) is 10.4. The molecule has 4 amide bonds. The zero-order chi connectivity index (χ0) is 49.3. The molecule has 0 radical (unpaired) electrons. The quantitative estimate of drug-likeness (QED) is 0.0637. The van der Waals surface area contributed by atoms with Crippen LogP contribution < -0.4 is 33.5 Å². The van der Waals surface area contributed by atoms with E-state index in [2.05, 4.69) is 0 Å². The Morgan fingerprint density at radius 3 is 1.61 bits per heavy atom. The van der Waals surface area contributed by atoms with E-state index in [1.807, 2.05) is 121 Å². The molecule has 6 aromatic rings. The number of amides is 4. The van der Waals surface area contributed by atoms with Crippen LogP contribution in [-0.4, -0.2) is 57.2 Å². The summed E-state index contributed by atoms with van der Waals surface area (Å²) in [5.41, 5.74) is 6.32. The number of ether oxygens (including phenoxy) is 5. The lowest BCUT2D eigenvalue weighted by atomic mass is 9.57. The van der Waals surface area contributed by atoms with E-state index in [0.717, 1.165) is 33.4 Å². The molecular formula is C59H52N2O10. The summed E-state index contributed by atoms with van der Waals surface area (Å²) in [5, 5.41) is 11.9. The number of phenolic OH excluding ortho intramolecular Hbond substituents is 1. The number of anilines is 2. The fourth-order valence-electron chi connectivity index (χ4n) is 10.8. The van der Waals surface area contributed by atoms with Crippen LogP contribution in [0.25, 0.3) is 24.3 Å². The molecule has 3 fully saturated rings. The molecule has 1 saturated carbocycles. The summed E-state index contributed by atoms with van der Waals surface area (Å²) >= 11 is 0. The maximum absolute atomic E-state index is 15.0. The molecule has 71 heavy (non-hydrogen) atoms. The van der Waals surface area contributed by atoms with Gasteiger partial charge in [0, 0.05) is 28.7 Å². The predicted molar refractivity (Wildman–Crippen MR) is 271 cm³/mol. The number of rotatable bonds is 14. The van der Waals surface area contributed by atoms with E-state index in [1.165, 1.54) is 15.9 Å². The van der Waals surface area contributed by atoms with Gasteiger partial charge in [0.15, 0.2) is 0 Å². The number of phenols is 1. The topological polar surface area (TPSA) is 141 Å². The van der Waals surface area contributed by atoms with Crippen molar-refractivity contribution in [2.45, 2.75) is 25.4 Å². The molecule has 6 atom stereocenters. The molecule has 2 heterocycles. The Hall–Kier alpha value is -8.38. The maximum atomic E-state index is 15.0. The highest BCUT2D eigenvalue weighted by Crippen LogP contribution is 2.59. The summed E-state index contributed by atoms with van der Waals surface area (Å²) in [6.45, 7) is 0.278. The molecule has 0 spiro atoms. The Labute approximate surface area is 412 Å². The van der Waals surface area contributed by atoms with Crippen molar-refractivity contribution in [2.24, 2.45) is 29.6 Å². The fourth-order valence-corrected chi connectivity index (χ4v) is 10.8. The zero-order valence-corrected chi connectivity index (χ0v) is 39.7. The second-order valence-corrected chi connectivity index (χ2v) is 18.1. The number of benzene rings is 6. The number of fused-ring (bicyclic) bond motifs is 4. The number of nitrogens with zero attached hydrogens (tertiary/aromatic N) is 2. The second-order valence-electron chi connectivity index (χ2n) is 18.1. The Balaban J connectivity index is 0.952. The zero-order valence-electron chi connectivity index (χ0n) is 39.7. The molecule has 4 aliphatic rings. The lowest BCUT2D eigenvalue weighted by molar-refractivity contribution is -0.126. The van der Waals surface area contributed by atoms with Gasteiger partial charge in [-0.05, 0) is 102 Å². The molecule has 2 aliphatic heterocycles. The largest absolute Gasteiger partial charge is 0.508 e. The number of aromatic hydroxyl groups is 1. The van der Waals surface area contributed by atoms with Crippen LogP contribution in [0.1, 0.15) is 52.1 Å². The number of carbonyl (C=O) groups is 4. The number of imide groups is 2. The highest BCUT2D eigenvalue weighted by atomic mass is 16.5. The van der Waals surface area contributed by atoms with Crippen LogP contribution in [0.3, 0.4) is 0 Å². The van der Waals surface area contributed by atoms with Gasteiger partial charge in [0.1, 0.15) is 41.1 Å². The van der Waals surface area contributed by atoms with Crippen LogP contribution in [0.2, 0.25) is 0 Å². The molecule has 0 aromatic heterocycles. The van der Waals surface area contributed by atoms with E-state index in [0.29, 0.717) is 45.7 Å². The first-order valence-electron chi connectivity index (χ1n) is 23.5. The SMILES string of the molecule is COc1ccc(OC)c(C=Cc2ccc(N3C(=O)[C@H]4[C@H](CC=C5[C@H]4C[C@H]4C(=O)N(c6ccc(C=Cc7cc(OC)ccc7OC)cc6)C(=O)[C@H]4[C@H]5c4ccc(OCc5ccccc5)cc4O)C3=O)cc2)c1. The lowest BCUT2D eigenvalue weighted by Crippen LogP contribution is -2.43. The van der Waals surface area contributed by atoms with E-state index in [4.69, 9.17) is 23.7 Å². The van der Waals surface area contributed by atoms with Crippen LogP contribution in [0.5, 0.6) is 34.5 Å². The van der Waals surface area contributed by atoms with E-state index in [9.17, 15) is 24.3 Å². The first-order valence-corrected chi connectivity index (χ1v) is 23.5. The second kappa shape index (κ2) is 19.6. The Morgan fingerprint density at radius 2 is 1.07 bits per heavy atom. The first-order chi connectivity index (χ1) is 34.6. The average molecular weight is 949 g/mol. The molecule has 0 unspecified atom stereocenters. The third-order valence-electron chi connectivity index (χ3n) is 14.3. The van der Waals surface area contributed by atoms with Crippen LogP contribution in [0.4, 0.5) is 11.4 Å². The van der Waals surface area contributed by atoms with Gasteiger partial charge in [-0.25, -0.2) is 0 Å². The Morgan fingerprint density at radius 1 is 0.535 bits per heavy atom. The van der Waals surface area contributed by atoms with Gasteiger partial charge in [-0.1, -0.05) is 96.6 Å². The van der Waals surface area contributed by atoms with Crippen molar-refractivity contribution < 1.29 is 48.0 Å². The first kappa shape index (κ1) is 46.4. The molecule has 10 rings (SSSR count). The maximum Gasteiger partial charge on any atom is 0.238 e. The van der Waals surface area contributed by atoms with E-state index < -0.39 is 41.4 Å². The third-order valence-corrected chi connectivity index (χ3v) is 14.3. The van der Waals surface area contributed by atoms with Crippen LogP contribution in [0.15, 0.2) is 145 Å². The summed E-state index contributed by atoms with van der Waals surface area (Å²) in [5.74, 6) is -2.89. The summed E-state index contributed by atoms with van der Waals surface area (Å²) in [4.78, 5) is 61.5. The minimum atomic E-state index is -0.885. The molecule has 6 aromatic carbocycles. The summed E-state index contributed by atoms with van der Waals surface area (Å²) < 4.78 is 27.9. The molecule has 12 nitrogen and oxygen atoms in total. The van der Waals surface area contributed by atoms with E-state index in [-0.39, 0.29) is 42.9 Å². The molecule has 358 valence electrons. The minimum absolute atomic E-state index is 0.0973. The molecular weight excluding hydrogens is 897 g/mol. The Kier molecular flexibility index (Phi) is 12.8. The fraction of sp³-hybridized carbons (Fsp3) is 0.220. The van der Waals surface area contributed by atoms with Gasteiger partial charge in [-0.2, -0.15) is 0 Å². The number of carbonyl (C=O) groups excluding carboxylic acids is 4. The lowest BCUT2D eigenvalue weighted by Gasteiger charge is -2.44. The van der Waals surface area contributed by atoms with Gasteiger partial charge in [0.25, 0.3) is 0 Å². The highest BCUT2D eigenvalue weighted by molar-refractivity contribution is 6.24. The van der Waals surface area contributed by atoms with Crippen molar-refractivity contribution >= 4 is 59.3 Å². The van der Waals surface area contributed by atoms with Crippen molar-refractivity contribution in [3.8, 4) is 34.5 Å². The highest BCUT2D eigenvalue weighted by Gasteiger charge is 2.62. The molecule has 2 saturated heterocycles. The van der Waals surface area contributed by atoms with Gasteiger partial charge in [-0.3, -0.25) is 29.0 Å². The van der Waals surface area contributed by atoms with E-state index >= 15 is 0 Å². The number of hydrogen-bond acceptors (Lipinski definition) is 10. The molecule has 1 N–H and O–H groups in total.